The van der Waals surface area contributed by atoms with Crippen molar-refractivity contribution in [2.75, 3.05) is 46.6 Å². The van der Waals surface area contributed by atoms with Gasteiger partial charge in [0.2, 0.25) is 0 Å². The number of hydrogen-bond donors (Lipinski definition) is 2. The largest absolute Gasteiger partial charge is 0.507 e. The van der Waals surface area contributed by atoms with Crippen molar-refractivity contribution in [1.82, 2.24) is 19.8 Å². The van der Waals surface area contributed by atoms with E-state index in [-0.39, 0.29) is 0 Å². The summed E-state index contributed by atoms with van der Waals surface area (Å²) < 4.78 is 0. The third-order valence-electron chi connectivity index (χ3n) is 4.75. The van der Waals surface area contributed by atoms with Crippen LogP contribution in [0.1, 0.15) is 11.1 Å². The van der Waals surface area contributed by atoms with E-state index < -0.39 is 0 Å². The molecular weight excluding hydrogens is 386 g/mol. The molecule has 6 nitrogen and oxygen atoms in total. The van der Waals surface area contributed by atoms with Crippen LogP contribution < -0.4 is 5.32 Å². The predicted octanol–water partition coefficient (Wildman–Crippen LogP) is 3.94. The first kappa shape index (κ1) is 21.3. The predicted molar refractivity (Wildman–Crippen MR) is 120 cm³/mol. The van der Waals surface area contributed by atoms with Crippen LogP contribution in [0.4, 0.5) is 11.4 Å². The fourth-order valence-corrected chi connectivity index (χ4v) is 3.32. The summed E-state index contributed by atoms with van der Waals surface area (Å²) in [4.78, 5) is 13.0. The monoisotopic (exact) mass is 413 g/mol. The minimum Gasteiger partial charge on any atom is -0.507 e. The number of halogens is 1. The summed E-state index contributed by atoms with van der Waals surface area (Å²) in [5, 5.41) is 14.8. The fraction of sp³-hybridized carbons (Fsp3) is 0.364. The average Bonchev–Trinajstić information content (AvgIpc) is 2.66. The Labute approximate surface area is 177 Å². The van der Waals surface area contributed by atoms with Crippen LogP contribution in [0, 0.1) is 0 Å². The molecule has 0 radical (unpaired) electrons. The molecule has 0 unspecified atom stereocenters. The molecule has 0 amide bonds. The third-order valence-corrected chi connectivity index (χ3v) is 4.95. The van der Waals surface area contributed by atoms with Gasteiger partial charge in [-0.15, -0.1) is 0 Å². The number of aromatic hydroxyl groups is 1. The molecule has 2 N–H and O–H groups in total. The van der Waals surface area contributed by atoms with Gasteiger partial charge in [0, 0.05) is 31.2 Å². The van der Waals surface area contributed by atoms with Crippen LogP contribution in [0.2, 0.25) is 5.02 Å². The van der Waals surface area contributed by atoms with Crippen LogP contribution in [-0.4, -0.2) is 66.2 Å². The second-order valence-electron chi connectivity index (χ2n) is 7.75. The minimum absolute atomic E-state index is 0.392. The summed E-state index contributed by atoms with van der Waals surface area (Å²) in [7, 11) is 8.13. The van der Waals surface area contributed by atoms with E-state index >= 15 is 0 Å². The highest BCUT2D eigenvalue weighted by Gasteiger charge is 2.13. The van der Waals surface area contributed by atoms with Crippen molar-refractivity contribution >= 4 is 34.0 Å². The van der Waals surface area contributed by atoms with Crippen LogP contribution in [0.5, 0.6) is 5.75 Å². The molecule has 0 saturated carbocycles. The van der Waals surface area contributed by atoms with Gasteiger partial charge in [0.25, 0.3) is 0 Å². The second kappa shape index (κ2) is 9.39. The molecule has 1 aromatic carbocycles. The number of anilines is 2. The zero-order valence-corrected chi connectivity index (χ0v) is 18.2. The topological polar surface area (TPSA) is 64.5 Å². The van der Waals surface area contributed by atoms with Crippen molar-refractivity contribution in [3.8, 4) is 5.75 Å². The van der Waals surface area contributed by atoms with Crippen LogP contribution in [0.25, 0.3) is 11.0 Å². The Morgan fingerprint density at radius 1 is 0.966 bits per heavy atom. The van der Waals surface area contributed by atoms with Gasteiger partial charge >= 0.3 is 0 Å². The van der Waals surface area contributed by atoms with Gasteiger partial charge in [-0.3, -0.25) is 9.97 Å². The van der Waals surface area contributed by atoms with Crippen molar-refractivity contribution in [2.45, 2.75) is 12.8 Å². The van der Waals surface area contributed by atoms with E-state index in [1.807, 2.05) is 46.4 Å². The van der Waals surface area contributed by atoms with E-state index in [2.05, 4.69) is 25.1 Å². The lowest BCUT2D eigenvalue weighted by Crippen LogP contribution is -2.17. The number of phenolic OH excluding ortho intramolecular Hbond substituents is 1. The van der Waals surface area contributed by atoms with Gasteiger partial charge in [-0.1, -0.05) is 11.6 Å². The fourth-order valence-electron chi connectivity index (χ4n) is 3.16. The minimum atomic E-state index is 0.392. The molecule has 29 heavy (non-hydrogen) atoms. The Hall–Kier alpha value is -2.41. The lowest BCUT2D eigenvalue weighted by atomic mass is 10.0. The highest BCUT2D eigenvalue weighted by atomic mass is 35.5. The number of aromatic nitrogens is 2. The number of benzene rings is 1. The molecule has 0 atom stereocenters. The highest BCUT2D eigenvalue weighted by molar-refractivity contribution is 6.31. The standard InChI is InChI=1S/C22H28ClN5O/c1-27(2)9-6-15-11-18(12-16(22(15)29)7-10-28(3)4)26-19-5-8-24-20-13-17(23)14-25-21(19)20/h5,8,11-14,29H,6-7,9-10H2,1-4H3,(H,24,26). The summed E-state index contributed by atoms with van der Waals surface area (Å²) in [6.45, 7) is 1.73. The second-order valence-corrected chi connectivity index (χ2v) is 8.19. The molecule has 3 aromatic rings. The van der Waals surface area contributed by atoms with Crippen molar-refractivity contribution in [1.29, 1.82) is 0 Å². The number of hydrogen-bond acceptors (Lipinski definition) is 6. The normalized spacial score (nSPS) is 11.6. The summed E-state index contributed by atoms with van der Waals surface area (Å²) in [6, 6.07) is 7.73. The molecule has 0 fully saturated rings. The molecule has 0 spiro atoms. The molecule has 0 bridgehead atoms. The first-order valence-electron chi connectivity index (χ1n) is 9.65. The molecule has 154 valence electrons. The van der Waals surface area contributed by atoms with Crippen LogP contribution in [0.15, 0.2) is 36.7 Å². The molecule has 0 saturated heterocycles. The maximum atomic E-state index is 10.8. The van der Waals surface area contributed by atoms with Crippen molar-refractivity contribution in [2.24, 2.45) is 0 Å². The van der Waals surface area contributed by atoms with Gasteiger partial charge in [-0.05, 0) is 76.4 Å². The molecule has 3 rings (SSSR count). The van der Waals surface area contributed by atoms with Crippen molar-refractivity contribution in [3.63, 3.8) is 0 Å². The molecular formula is C22H28ClN5O. The van der Waals surface area contributed by atoms with Crippen LogP contribution in [-0.2, 0) is 12.8 Å². The SMILES string of the molecule is CN(C)CCc1cc(Nc2ccnc3cc(Cl)cnc23)cc(CCN(C)C)c1O. The van der Waals surface area contributed by atoms with Crippen LogP contribution in [0.3, 0.4) is 0 Å². The number of nitrogens with one attached hydrogen (secondary N) is 1. The zero-order chi connectivity index (χ0) is 21.0. The number of pyridine rings is 2. The van der Waals surface area contributed by atoms with Gasteiger partial charge in [0.05, 0.1) is 16.2 Å². The summed E-state index contributed by atoms with van der Waals surface area (Å²) >= 11 is 6.05. The van der Waals surface area contributed by atoms with Gasteiger partial charge in [0.15, 0.2) is 0 Å². The average molecular weight is 414 g/mol. The summed E-state index contributed by atoms with van der Waals surface area (Å²) in [6.07, 6.45) is 4.91. The van der Waals surface area contributed by atoms with E-state index in [0.29, 0.717) is 10.8 Å². The highest BCUT2D eigenvalue weighted by Crippen LogP contribution is 2.31. The summed E-state index contributed by atoms with van der Waals surface area (Å²) in [5.41, 5.74) is 5.15. The molecule has 0 aliphatic heterocycles. The van der Waals surface area contributed by atoms with Crippen molar-refractivity contribution in [3.05, 3.63) is 52.8 Å². The Kier molecular flexibility index (Phi) is 6.90. The third kappa shape index (κ3) is 5.56. The quantitative estimate of drug-likeness (QED) is 0.545. The van der Waals surface area contributed by atoms with E-state index in [0.717, 1.165) is 59.5 Å². The van der Waals surface area contributed by atoms with Gasteiger partial charge < -0.3 is 20.2 Å². The Bertz CT molecular complexity index is 957. The smallest absolute Gasteiger partial charge is 0.122 e. The number of fused-ring (bicyclic) bond motifs is 1. The van der Waals surface area contributed by atoms with E-state index in [1.165, 1.54) is 0 Å². The molecule has 7 heteroatoms. The van der Waals surface area contributed by atoms with Gasteiger partial charge in [0.1, 0.15) is 11.3 Å². The first-order valence-corrected chi connectivity index (χ1v) is 10.0. The lowest BCUT2D eigenvalue weighted by Gasteiger charge is -2.18. The number of likely N-dealkylation sites (N-methyl/N-ethyl adjacent to an activating group) is 2. The van der Waals surface area contributed by atoms with E-state index in [4.69, 9.17) is 11.6 Å². The van der Waals surface area contributed by atoms with E-state index in [1.54, 1.807) is 18.5 Å². The molecule has 2 heterocycles. The van der Waals surface area contributed by atoms with Crippen molar-refractivity contribution < 1.29 is 5.11 Å². The molecule has 0 aliphatic rings. The van der Waals surface area contributed by atoms with Gasteiger partial charge in [-0.2, -0.15) is 0 Å². The summed E-state index contributed by atoms with van der Waals surface area (Å²) in [5.74, 6) is 0.392. The Morgan fingerprint density at radius 2 is 1.59 bits per heavy atom. The lowest BCUT2D eigenvalue weighted by molar-refractivity contribution is 0.397. The molecule has 2 aromatic heterocycles. The Morgan fingerprint density at radius 3 is 2.17 bits per heavy atom. The molecule has 0 aliphatic carbocycles. The number of nitrogens with zero attached hydrogens (tertiary/aromatic N) is 4. The zero-order valence-electron chi connectivity index (χ0n) is 17.4. The number of phenols is 1. The van der Waals surface area contributed by atoms with Gasteiger partial charge in [-0.25, -0.2) is 0 Å². The van der Waals surface area contributed by atoms with Crippen LogP contribution >= 0.6 is 11.6 Å². The maximum absolute atomic E-state index is 10.8. The number of rotatable bonds is 8. The maximum Gasteiger partial charge on any atom is 0.122 e. The Balaban J connectivity index is 1.97. The van der Waals surface area contributed by atoms with E-state index in [9.17, 15) is 5.11 Å². The first-order chi connectivity index (χ1) is 13.8.